The predicted octanol–water partition coefficient (Wildman–Crippen LogP) is 5.93. The van der Waals surface area contributed by atoms with Crippen molar-refractivity contribution in [2.75, 3.05) is 0 Å². The number of rotatable bonds is 4. The van der Waals surface area contributed by atoms with Crippen LogP contribution in [0.1, 0.15) is 17.5 Å². The molecule has 0 nitrogen and oxygen atoms in total. The molecule has 0 aliphatic rings. The highest BCUT2D eigenvalue weighted by Gasteiger charge is 2.16. The summed E-state index contributed by atoms with van der Waals surface area (Å²) in [7, 11) is 0. The second-order valence-corrected chi connectivity index (χ2v) is 5.03. The smallest absolute Gasteiger partial charge is 0.207 e. The zero-order valence-corrected chi connectivity index (χ0v) is 12.1. The van der Waals surface area contributed by atoms with Gasteiger partial charge in [0.15, 0.2) is 0 Å². The van der Waals surface area contributed by atoms with Crippen molar-refractivity contribution >= 4 is 0 Å². The van der Waals surface area contributed by atoms with Crippen molar-refractivity contribution in [3.8, 4) is 11.1 Å². The Bertz CT molecular complexity index is 714. The second-order valence-electron chi connectivity index (χ2n) is 5.03. The van der Waals surface area contributed by atoms with Crippen LogP contribution in [0.4, 0.5) is 26.3 Å². The summed E-state index contributed by atoms with van der Waals surface area (Å²) < 4.78 is 79.2. The molecule has 0 saturated carbocycles. The molecular weight excluding hydrogens is 318 g/mol. The lowest BCUT2D eigenvalue weighted by molar-refractivity contribution is 0.417. The minimum atomic E-state index is -1.87. The Kier molecular flexibility index (Phi) is 5.13. The first-order chi connectivity index (χ1) is 10.8. The lowest BCUT2D eigenvalue weighted by atomic mass is 9.99. The van der Waals surface area contributed by atoms with Crippen LogP contribution in [-0.4, -0.2) is 0 Å². The lowest BCUT2D eigenvalue weighted by Gasteiger charge is -2.10. The van der Waals surface area contributed by atoms with Crippen molar-refractivity contribution in [2.45, 2.75) is 19.8 Å². The highest BCUT2D eigenvalue weighted by Crippen LogP contribution is 2.30. The summed E-state index contributed by atoms with van der Waals surface area (Å²) in [5, 5.41) is 0. The molecule has 2 rings (SSSR count). The summed E-state index contributed by atoms with van der Waals surface area (Å²) in [5.74, 6) is -3.84. The molecule has 0 N–H and O–H groups in total. The zero-order valence-electron chi connectivity index (χ0n) is 12.1. The average molecular weight is 330 g/mol. The van der Waals surface area contributed by atoms with E-state index in [1.54, 1.807) is 0 Å². The molecule has 0 spiro atoms. The Hall–Kier alpha value is -2.24. The first kappa shape index (κ1) is 17.1. The molecule has 6 heteroatoms. The largest absolute Gasteiger partial charge is 0.266 e. The van der Waals surface area contributed by atoms with Gasteiger partial charge in [0.05, 0.1) is 5.56 Å². The van der Waals surface area contributed by atoms with Crippen LogP contribution < -0.4 is 0 Å². The van der Waals surface area contributed by atoms with Gasteiger partial charge in [0.25, 0.3) is 6.08 Å². The molecule has 0 saturated heterocycles. The Morgan fingerprint density at radius 1 is 0.870 bits per heavy atom. The molecule has 0 amide bonds. The number of allylic oxidation sites excluding steroid dienone is 1. The quantitative estimate of drug-likeness (QED) is 0.609. The number of halogens is 6. The third-order valence-corrected chi connectivity index (χ3v) is 3.40. The molecule has 0 radical (unpaired) electrons. The summed E-state index contributed by atoms with van der Waals surface area (Å²) in [4.78, 5) is 0. The highest BCUT2D eigenvalue weighted by molar-refractivity contribution is 5.66. The van der Waals surface area contributed by atoms with E-state index in [2.05, 4.69) is 0 Å². The van der Waals surface area contributed by atoms with Crippen LogP contribution in [0.25, 0.3) is 11.1 Å². The van der Waals surface area contributed by atoms with E-state index < -0.39 is 34.9 Å². The van der Waals surface area contributed by atoms with Gasteiger partial charge in [-0.3, -0.25) is 0 Å². The fourth-order valence-corrected chi connectivity index (χ4v) is 2.18. The van der Waals surface area contributed by atoms with Crippen molar-refractivity contribution in [3.63, 3.8) is 0 Å². The van der Waals surface area contributed by atoms with Crippen molar-refractivity contribution < 1.29 is 26.3 Å². The van der Waals surface area contributed by atoms with Crippen molar-refractivity contribution in [1.82, 2.24) is 0 Å². The molecule has 0 aliphatic heterocycles. The minimum Gasteiger partial charge on any atom is -0.207 e. The van der Waals surface area contributed by atoms with Gasteiger partial charge in [-0.25, -0.2) is 17.6 Å². The van der Waals surface area contributed by atoms with Gasteiger partial charge >= 0.3 is 0 Å². The summed E-state index contributed by atoms with van der Waals surface area (Å²) in [5.41, 5.74) is -0.888. The van der Waals surface area contributed by atoms with Crippen LogP contribution >= 0.6 is 0 Å². The molecule has 0 fully saturated rings. The maximum atomic E-state index is 14.1. The molecule has 2 aromatic rings. The van der Waals surface area contributed by atoms with Crippen LogP contribution in [-0.2, 0) is 6.42 Å². The van der Waals surface area contributed by atoms with E-state index in [1.807, 2.05) is 0 Å². The Morgan fingerprint density at radius 3 is 1.87 bits per heavy atom. The lowest BCUT2D eigenvalue weighted by Crippen LogP contribution is -1.97. The maximum absolute atomic E-state index is 14.1. The van der Waals surface area contributed by atoms with E-state index in [0.29, 0.717) is 6.08 Å². The topological polar surface area (TPSA) is 0 Å². The first-order valence-corrected chi connectivity index (χ1v) is 6.74. The third kappa shape index (κ3) is 3.94. The Labute approximate surface area is 129 Å². The van der Waals surface area contributed by atoms with Gasteiger partial charge in [-0.1, -0.05) is 0 Å². The van der Waals surface area contributed by atoms with Gasteiger partial charge in [0.2, 0.25) is 0 Å². The summed E-state index contributed by atoms with van der Waals surface area (Å²) in [6.07, 6.45) is -1.28. The number of aryl methyl sites for hydroxylation is 1. The van der Waals surface area contributed by atoms with Gasteiger partial charge in [0.1, 0.15) is 23.3 Å². The van der Waals surface area contributed by atoms with Gasteiger partial charge in [-0.05, 0) is 61.2 Å². The van der Waals surface area contributed by atoms with Crippen LogP contribution in [0.15, 0.2) is 36.4 Å². The van der Waals surface area contributed by atoms with Crippen molar-refractivity contribution in [1.29, 1.82) is 0 Å². The summed E-state index contributed by atoms with van der Waals surface area (Å²) in [6.45, 7) is 1.21. The molecule has 23 heavy (non-hydrogen) atoms. The SMILES string of the molecule is Cc1c(F)cc(-c2c(F)cc(CCC=C(F)F)cc2F)cc1F. The molecule has 2 aromatic carbocycles. The average Bonchev–Trinajstić information content (AvgIpc) is 2.43. The van der Waals surface area contributed by atoms with Crippen LogP contribution in [0, 0.1) is 30.2 Å². The van der Waals surface area contributed by atoms with E-state index in [4.69, 9.17) is 0 Å². The number of hydrogen-bond donors (Lipinski definition) is 0. The normalized spacial score (nSPS) is 10.7. The molecule has 0 aromatic heterocycles. The zero-order chi connectivity index (χ0) is 17.1. The first-order valence-electron chi connectivity index (χ1n) is 6.74. The standard InChI is InChI=1S/C17H12F6/c1-9-12(18)7-11(8-13(9)19)17-14(20)5-10(6-15(17)21)3-2-4-16(22)23/h4-8H,2-3H2,1H3. The minimum absolute atomic E-state index is 0.0160. The van der Waals surface area contributed by atoms with Gasteiger partial charge in [-0.15, -0.1) is 0 Å². The van der Waals surface area contributed by atoms with E-state index >= 15 is 0 Å². The number of benzene rings is 2. The van der Waals surface area contributed by atoms with Gasteiger partial charge in [-0.2, -0.15) is 8.78 Å². The maximum Gasteiger partial charge on any atom is 0.266 e. The van der Waals surface area contributed by atoms with E-state index in [-0.39, 0.29) is 29.5 Å². The van der Waals surface area contributed by atoms with E-state index in [9.17, 15) is 26.3 Å². The molecular formula is C17H12F6. The fraction of sp³-hybridized carbons (Fsp3) is 0.176. The van der Waals surface area contributed by atoms with Crippen LogP contribution in [0.2, 0.25) is 0 Å². The predicted molar refractivity (Wildman–Crippen MR) is 75.1 cm³/mol. The molecule has 0 atom stereocenters. The third-order valence-electron chi connectivity index (χ3n) is 3.40. The van der Waals surface area contributed by atoms with E-state index in [0.717, 1.165) is 24.3 Å². The van der Waals surface area contributed by atoms with Crippen LogP contribution in [0.5, 0.6) is 0 Å². The Balaban J connectivity index is 2.39. The summed E-state index contributed by atoms with van der Waals surface area (Å²) in [6, 6.07) is 3.64. The Morgan fingerprint density at radius 2 is 1.39 bits per heavy atom. The van der Waals surface area contributed by atoms with Gasteiger partial charge in [0, 0.05) is 5.56 Å². The van der Waals surface area contributed by atoms with E-state index in [1.165, 1.54) is 6.92 Å². The molecule has 0 aliphatic carbocycles. The fourth-order valence-electron chi connectivity index (χ4n) is 2.18. The molecule has 0 bridgehead atoms. The second kappa shape index (κ2) is 6.89. The monoisotopic (exact) mass is 330 g/mol. The molecule has 0 heterocycles. The summed E-state index contributed by atoms with van der Waals surface area (Å²) >= 11 is 0. The highest BCUT2D eigenvalue weighted by atomic mass is 19.3. The van der Waals surface area contributed by atoms with Crippen molar-refractivity contribution in [3.05, 3.63) is 70.8 Å². The molecule has 0 unspecified atom stereocenters. The molecule has 122 valence electrons. The number of hydrogen-bond acceptors (Lipinski definition) is 0. The van der Waals surface area contributed by atoms with Crippen LogP contribution in [0.3, 0.4) is 0 Å². The van der Waals surface area contributed by atoms with Gasteiger partial charge < -0.3 is 0 Å². The van der Waals surface area contributed by atoms with Crippen molar-refractivity contribution in [2.24, 2.45) is 0 Å².